The van der Waals surface area contributed by atoms with Gasteiger partial charge in [-0.05, 0) is 40.8 Å². The lowest BCUT2D eigenvalue weighted by Crippen LogP contribution is -2.09. The van der Waals surface area contributed by atoms with Crippen LogP contribution in [-0.4, -0.2) is 11.8 Å². The van der Waals surface area contributed by atoms with E-state index in [1.165, 1.54) is 12.8 Å². The van der Waals surface area contributed by atoms with Crippen molar-refractivity contribution in [2.75, 3.05) is 6.61 Å². The Labute approximate surface area is 97.5 Å². The van der Waals surface area contributed by atoms with Crippen LogP contribution in [0.1, 0.15) is 18.4 Å². The molecule has 0 unspecified atom stereocenters. The van der Waals surface area contributed by atoms with E-state index in [-0.39, 0.29) is 0 Å². The number of ether oxygens (including phenoxy) is 1. The van der Waals surface area contributed by atoms with Crippen LogP contribution in [0.15, 0.2) is 22.7 Å². The third-order valence-electron chi connectivity index (χ3n) is 2.48. The highest BCUT2D eigenvalue weighted by Gasteiger charge is 2.22. The van der Waals surface area contributed by atoms with Gasteiger partial charge in [0, 0.05) is 12.1 Å². The molecule has 0 aromatic heterocycles. The van der Waals surface area contributed by atoms with E-state index >= 15 is 0 Å². The Bertz CT molecular complexity index is 339. The number of nitrogens with one attached hydrogen (secondary N) is 1. The van der Waals surface area contributed by atoms with Gasteiger partial charge in [0.1, 0.15) is 5.75 Å². The molecule has 0 bridgehead atoms. The van der Waals surface area contributed by atoms with Crippen LogP contribution in [-0.2, 0) is 6.54 Å². The Morgan fingerprint density at radius 1 is 1.47 bits per heavy atom. The molecule has 1 aromatic rings. The van der Waals surface area contributed by atoms with Crippen LogP contribution in [0.25, 0.3) is 0 Å². The number of halogens is 1. The van der Waals surface area contributed by atoms with Gasteiger partial charge in [0.25, 0.3) is 0 Å². The fraction of sp³-hybridized carbons (Fsp3) is 0.455. The molecule has 0 saturated heterocycles. The van der Waals surface area contributed by atoms with Crippen molar-refractivity contribution in [1.82, 2.24) is 5.48 Å². The summed E-state index contributed by atoms with van der Waals surface area (Å²) >= 11 is 3.45. The van der Waals surface area contributed by atoms with Gasteiger partial charge in [0.15, 0.2) is 0 Å². The van der Waals surface area contributed by atoms with Crippen molar-refractivity contribution in [2.45, 2.75) is 19.4 Å². The lowest BCUT2D eigenvalue weighted by molar-refractivity contribution is 0.159. The minimum absolute atomic E-state index is 0.402. The maximum Gasteiger partial charge on any atom is 0.138 e. The summed E-state index contributed by atoms with van der Waals surface area (Å²) in [5.74, 6) is 1.57. The van der Waals surface area contributed by atoms with Gasteiger partial charge in [-0.2, -0.15) is 0 Å². The van der Waals surface area contributed by atoms with Crippen LogP contribution in [0.2, 0.25) is 0 Å². The Hall–Kier alpha value is -0.580. The van der Waals surface area contributed by atoms with Crippen molar-refractivity contribution in [3.63, 3.8) is 0 Å². The van der Waals surface area contributed by atoms with Gasteiger partial charge in [-0.25, -0.2) is 5.48 Å². The first kappa shape index (κ1) is 10.9. The maximum atomic E-state index is 8.70. The highest BCUT2D eigenvalue weighted by molar-refractivity contribution is 9.10. The van der Waals surface area contributed by atoms with Crippen LogP contribution in [0.5, 0.6) is 5.75 Å². The lowest BCUT2D eigenvalue weighted by atomic mass is 10.2. The molecule has 1 aliphatic rings. The summed E-state index contributed by atoms with van der Waals surface area (Å²) in [7, 11) is 0. The van der Waals surface area contributed by atoms with E-state index in [9.17, 15) is 0 Å². The van der Waals surface area contributed by atoms with Crippen LogP contribution in [0.3, 0.4) is 0 Å². The van der Waals surface area contributed by atoms with Crippen LogP contribution in [0.4, 0.5) is 0 Å². The molecule has 4 heteroatoms. The van der Waals surface area contributed by atoms with Crippen molar-refractivity contribution in [1.29, 1.82) is 0 Å². The second-order valence-electron chi connectivity index (χ2n) is 3.82. The molecule has 0 spiro atoms. The molecule has 0 amide bonds. The molecule has 1 saturated carbocycles. The average Bonchev–Trinajstić information content (AvgIpc) is 3.01. The molecule has 82 valence electrons. The maximum absolute atomic E-state index is 8.70. The molecular formula is C11H14BrNO2. The van der Waals surface area contributed by atoms with Crippen molar-refractivity contribution in [3.05, 3.63) is 28.2 Å². The van der Waals surface area contributed by atoms with Crippen LogP contribution in [0, 0.1) is 5.92 Å². The fourth-order valence-electron chi connectivity index (χ4n) is 1.43. The highest BCUT2D eigenvalue weighted by atomic mass is 79.9. The van der Waals surface area contributed by atoms with Crippen molar-refractivity contribution >= 4 is 15.9 Å². The molecule has 3 nitrogen and oxygen atoms in total. The Kier molecular flexibility index (Phi) is 3.61. The Balaban J connectivity index is 2.09. The largest absolute Gasteiger partial charge is 0.492 e. The summed E-state index contributed by atoms with van der Waals surface area (Å²) in [6, 6.07) is 5.82. The van der Waals surface area contributed by atoms with E-state index in [1.807, 2.05) is 18.2 Å². The quantitative estimate of drug-likeness (QED) is 0.810. The minimum Gasteiger partial charge on any atom is -0.492 e. The fourth-order valence-corrected chi connectivity index (χ4v) is 1.95. The number of hydrogen-bond donors (Lipinski definition) is 2. The monoisotopic (exact) mass is 271 g/mol. The van der Waals surface area contributed by atoms with E-state index < -0.39 is 0 Å². The predicted octanol–water partition coefficient (Wildman–Crippen LogP) is 2.72. The zero-order valence-corrected chi connectivity index (χ0v) is 9.96. The molecule has 0 atom stereocenters. The zero-order chi connectivity index (χ0) is 10.7. The summed E-state index contributed by atoms with van der Waals surface area (Å²) in [6.07, 6.45) is 2.55. The first-order chi connectivity index (χ1) is 7.31. The summed E-state index contributed by atoms with van der Waals surface area (Å²) in [4.78, 5) is 0. The number of para-hydroxylation sites is 1. The SMILES string of the molecule is ONCc1cccc(Br)c1OCC1CC1. The van der Waals surface area contributed by atoms with Crippen molar-refractivity contribution in [2.24, 2.45) is 5.92 Å². The smallest absolute Gasteiger partial charge is 0.138 e. The molecular weight excluding hydrogens is 258 g/mol. The first-order valence-corrected chi connectivity index (χ1v) is 5.87. The molecule has 15 heavy (non-hydrogen) atoms. The molecule has 0 aliphatic heterocycles. The third-order valence-corrected chi connectivity index (χ3v) is 3.10. The molecule has 1 aliphatic carbocycles. The summed E-state index contributed by atoms with van der Waals surface area (Å²) in [6.45, 7) is 1.18. The van der Waals surface area contributed by atoms with Gasteiger partial charge in [0.2, 0.25) is 0 Å². The van der Waals surface area contributed by atoms with Crippen molar-refractivity contribution < 1.29 is 9.94 Å². The predicted molar refractivity (Wildman–Crippen MR) is 61.0 cm³/mol. The second-order valence-corrected chi connectivity index (χ2v) is 4.67. The average molecular weight is 272 g/mol. The number of hydrogen-bond acceptors (Lipinski definition) is 3. The molecule has 2 rings (SSSR count). The van der Waals surface area contributed by atoms with E-state index in [2.05, 4.69) is 21.4 Å². The highest BCUT2D eigenvalue weighted by Crippen LogP contribution is 2.33. The Morgan fingerprint density at radius 3 is 2.93 bits per heavy atom. The summed E-state index contributed by atoms with van der Waals surface area (Å²) in [5.41, 5.74) is 3.12. The summed E-state index contributed by atoms with van der Waals surface area (Å²) in [5, 5.41) is 8.70. The molecule has 0 radical (unpaired) electrons. The van der Waals surface area contributed by atoms with Gasteiger partial charge in [-0.1, -0.05) is 12.1 Å². The summed E-state index contributed by atoms with van der Waals surface area (Å²) < 4.78 is 6.69. The normalized spacial score (nSPS) is 15.3. The Morgan fingerprint density at radius 2 is 2.27 bits per heavy atom. The topological polar surface area (TPSA) is 41.5 Å². The zero-order valence-electron chi connectivity index (χ0n) is 8.37. The standard InChI is InChI=1S/C11H14BrNO2/c12-10-3-1-2-9(6-13-14)11(10)15-7-8-4-5-8/h1-3,8,13-14H,4-7H2. The minimum atomic E-state index is 0.402. The van der Waals surface area contributed by atoms with E-state index in [0.29, 0.717) is 6.54 Å². The van der Waals surface area contributed by atoms with E-state index in [4.69, 9.17) is 9.94 Å². The third kappa shape index (κ3) is 2.93. The molecule has 1 fully saturated rings. The second kappa shape index (κ2) is 4.96. The molecule has 0 heterocycles. The van der Waals surface area contributed by atoms with E-state index in [1.54, 1.807) is 0 Å². The first-order valence-electron chi connectivity index (χ1n) is 5.08. The number of rotatable bonds is 5. The molecule has 2 N–H and O–H groups in total. The van der Waals surface area contributed by atoms with Gasteiger partial charge < -0.3 is 9.94 Å². The molecule has 1 aromatic carbocycles. The van der Waals surface area contributed by atoms with E-state index in [0.717, 1.165) is 28.3 Å². The number of hydroxylamine groups is 1. The number of benzene rings is 1. The van der Waals surface area contributed by atoms with Gasteiger partial charge in [0.05, 0.1) is 11.1 Å². The van der Waals surface area contributed by atoms with Gasteiger partial charge >= 0.3 is 0 Å². The van der Waals surface area contributed by atoms with Crippen LogP contribution >= 0.6 is 15.9 Å². The van der Waals surface area contributed by atoms with Gasteiger partial charge in [-0.3, -0.25) is 0 Å². The van der Waals surface area contributed by atoms with Crippen molar-refractivity contribution in [3.8, 4) is 5.75 Å². The van der Waals surface area contributed by atoms with Crippen LogP contribution < -0.4 is 10.2 Å². The van der Waals surface area contributed by atoms with Gasteiger partial charge in [-0.15, -0.1) is 0 Å². The lowest BCUT2D eigenvalue weighted by Gasteiger charge is -2.12.